The van der Waals surface area contributed by atoms with Crippen molar-refractivity contribution >= 4 is 8.25 Å². The normalized spacial score (nSPS) is 9.50. The standard InChI is InChI=1S/C10H8N2O3P/c13-16(14-9-5-1-3-7-11-9)15-10-6-2-4-8-12-10/h1-8H/q+1. The molecule has 16 heavy (non-hydrogen) atoms. The van der Waals surface area contributed by atoms with Gasteiger partial charge in [-0.2, -0.15) is 0 Å². The lowest BCUT2D eigenvalue weighted by molar-refractivity contribution is 0.403. The van der Waals surface area contributed by atoms with Crippen LogP contribution in [0.25, 0.3) is 0 Å². The van der Waals surface area contributed by atoms with E-state index in [1.54, 1.807) is 48.8 Å². The molecule has 0 N–H and O–H groups in total. The van der Waals surface area contributed by atoms with Crippen LogP contribution in [0, 0.1) is 0 Å². The fourth-order valence-electron chi connectivity index (χ4n) is 0.974. The zero-order valence-electron chi connectivity index (χ0n) is 8.19. The van der Waals surface area contributed by atoms with Crippen LogP contribution >= 0.6 is 8.25 Å². The molecule has 0 spiro atoms. The molecular formula is C10H8N2O3P+. The summed E-state index contributed by atoms with van der Waals surface area (Å²) in [5.74, 6) is 0.499. The summed E-state index contributed by atoms with van der Waals surface area (Å²) in [6, 6.07) is 10.1. The minimum atomic E-state index is -2.31. The van der Waals surface area contributed by atoms with Gasteiger partial charge in [-0.3, -0.25) is 0 Å². The number of pyridine rings is 2. The Morgan fingerprint density at radius 1 is 0.875 bits per heavy atom. The maximum atomic E-state index is 11.4. The van der Waals surface area contributed by atoms with Crippen molar-refractivity contribution in [3.8, 4) is 11.8 Å². The van der Waals surface area contributed by atoms with Crippen molar-refractivity contribution in [1.29, 1.82) is 0 Å². The first-order valence-electron chi connectivity index (χ1n) is 4.50. The summed E-state index contributed by atoms with van der Waals surface area (Å²) < 4.78 is 21.3. The molecule has 2 rings (SSSR count). The first kappa shape index (κ1) is 10.5. The first-order chi connectivity index (χ1) is 7.84. The average molecular weight is 235 g/mol. The van der Waals surface area contributed by atoms with E-state index in [-0.39, 0.29) is 11.8 Å². The lowest BCUT2D eigenvalue weighted by Gasteiger charge is -1.91. The predicted octanol–water partition coefficient (Wildman–Crippen LogP) is 2.59. The van der Waals surface area contributed by atoms with Crippen LogP contribution in [0.1, 0.15) is 0 Å². The summed E-state index contributed by atoms with van der Waals surface area (Å²) in [5.41, 5.74) is 0. The van der Waals surface area contributed by atoms with E-state index in [9.17, 15) is 4.57 Å². The van der Waals surface area contributed by atoms with Gasteiger partial charge in [0.15, 0.2) is 0 Å². The van der Waals surface area contributed by atoms with Crippen LogP contribution in [-0.2, 0) is 4.57 Å². The summed E-state index contributed by atoms with van der Waals surface area (Å²) >= 11 is 0. The molecule has 0 atom stereocenters. The largest absolute Gasteiger partial charge is 0.808 e. The second kappa shape index (κ2) is 5.19. The summed E-state index contributed by atoms with van der Waals surface area (Å²) in [7, 11) is -2.31. The van der Waals surface area contributed by atoms with Crippen molar-refractivity contribution in [2.75, 3.05) is 0 Å². The Kier molecular flexibility index (Phi) is 3.41. The van der Waals surface area contributed by atoms with E-state index in [4.69, 9.17) is 9.05 Å². The maximum absolute atomic E-state index is 11.4. The summed E-state index contributed by atoms with van der Waals surface area (Å²) in [6.07, 6.45) is 3.08. The zero-order valence-corrected chi connectivity index (χ0v) is 9.08. The molecule has 0 saturated heterocycles. The number of hydrogen-bond donors (Lipinski definition) is 0. The molecule has 0 bridgehead atoms. The Bertz CT molecular complexity index is 421. The Labute approximate surface area is 93.0 Å². The summed E-state index contributed by atoms with van der Waals surface area (Å²) in [5, 5.41) is 0. The Morgan fingerprint density at radius 2 is 1.38 bits per heavy atom. The van der Waals surface area contributed by atoms with Crippen molar-refractivity contribution < 1.29 is 13.6 Å². The van der Waals surface area contributed by atoms with E-state index in [2.05, 4.69) is 9.97 Å². The molecule has 0 fully saturated rings. The quantitative estimate of drug-likeness (QED) is 0.762. The number of rotatable bonds is 4. The number of aromatic nitrogens is 2. The highest BCUT2D eigenvalue weighted by Crippen LogP contribution is 2.27. The van der Waals surface area contributed by atoms with Gasteiger partial charge < -0.3 is 0 Å². The highest BCUT2D eigenvalue weighted by Gasteiger charge is 2.25. The van der Waals surface area contributed by atoms with Crippen molar-refractivity contribution in [2.24, 2.45) is 0 Å². The molecular weight excluding hydrogens is 227 g/mol. The van der Waals surface area contributed by atoms with Crippen molar-refractivity contribution in [1.82, 2.24) is 9.97 Å². The molecule has 0 saturated carbocycles. The van der Waals surface area contributed by atoms with Crippen LogP contribution in [-0.4, -0.2) is 9.97 Å². The van der Waals surface area contributed by atoms with Crippen LogP contribution in [0.15, 0.2) is 48.8 Å². The second-order valence-electron chi connectivity index (χ2n) is 2.74. The van der Waals surface area contributed by atoms with Crippen LogP contribution in [0.3, 0.4) is 0 Å². The van der Waals surface area contributed by atoms with Gasteiger partial charge in [-0.1, -0.05) is 12.1 Å². The molecule has 0 aromatic carbocycles. The smallest absolute Gasteiger partial charge is 0.217 e. The monoisotopic (exact) mass is 235 g/mol. The van der Waals surface area contributed by atoms with Gasteiger partial charge in [0.05, 0.1) is 0 Å². The molecule has 5 nitrogen and oxygen atoms in total. The molecule has 0 aliphatic heterocycles. The summed E-state index contributed by atoms with van der Waals surface area (Å²) in [6.45, 7) is 0. The molecule has 0 aliphatic carbocycles. The second-order valence-corrected chi connectivity index (χ2v) is 3.55. The molecule has 80 valence electrons. The van der Waals surface area contributed by atoms with E-state index < -0.39 is 8.25 Å². The SMILES string of the molecule is O=[P+](Oc1ccccn1)Oc1ccccn1. The maximum Gasteiger partial charge on any atom is 0.808 e. The van der Waals surface area contributed by atoms with Gasteiger partial charge in [0.2, 0.25) is 0 Å². The van der Waals surface area contributed by atoms with E-state index >= 15 is 0 Å². The molecule has 2 aromatic heterocycles. The fraction of sp³-hybridized carbons (Fsp3) is 0. The molecule has 2 aromatic rings. The van der Waals surface area contributed by atoms with E-state index in [0.29, 0.717) is 0 Å². The third-order valence-corrected chi connectivity index (χ3v) is 2.28. The molecule has 0 unspecified atom stereocenters. The molecule has 0 radical (unpaired) electrons. The highest BCUT2D eigenvalue weighted by atomic mass is 31.1. The Morgan fingerprint density at radius 3 is 1.75 bits per heavy atom. The fourth-order valence-corrected chi connectivity index (χ4v) is 1.53. The predicted molar refractivity (Wildman–Crippen MR) is 57.3 cm³/mol. The van der Waals surface area contributed by atoms with Gasteiger partial charge in [0, 0.05) is 29.1 Å². The van der Waals surface area contributed by atoms with Gasteiger partial charge in [-0.15, -0.1) is 0 Å². The van der Waals surface area contributed by atoms with Crippen molar-refractivity contribution in [2.45, 2.75) is 0 Å². The minimum Gasteiger partial charge on any atom is -0.217 e. The van der Waals surface area contributed by atoms with Gasteiger partial charge >= 0.3 is 8.25 Å². The third-order valence-electron chi connectivity index (χ3n) is 1.61. The van der Waals surface area contributed by atoms with Gasteiger partial charge in [0.25, 0.3) is 11.8 Å². The van der Waals surface area contributed by atoms with E-state index in [0.717, 1.165) is 0 Å². The van der Waals surface area contributed by atoms with E-state index in [1.165, 1.54) is 0 Å². The van der Waals surface area contributed by atoms with Gasteiger partial charge in [-0.05, 0) is 12.1 Å². The minimum absolute atomic E-state index is 0.250. The average Bonchev–Trinajstić information content (AvgIpc) is 2.31. The molecule has 6 heteroatoms. The van der Waals surface area contributed by atoms with Crippen molar-refractivity contribution in [3.63, 3.8) is 0 Å². The van der Waals surface area contributed by atoms with Crippen LogP contribution in [0.5, 0.6) is 11.8 Å². The molecule has 2 heterocycles. The lowest BCUT2D eigenvalue weighted by Crippen LogP contribution is -1.91. The topological polar surface area (TPSA) is 61.3 Å². The van der Waals surface area contributed by atoms with Gasteiger partial charge in [0.1, 0.15) is 0 Å². The molecule has 0 aliphatic rings. The third kappa shape index (κ3) is 3.00. The van der Waals surface area contributed by atoms with Crippen LogP contribution < -0.4 is 9.05 Å². The number of hydrogen-bond acceptors (Lipinski definition) is 5. The highest BCUT2D eigenvalue weighted by molar-refractivity contribution is 7.34. The Hall–Kier alpha value is -2.00. The van der Waals surface area contributed by atoms with Crippen LogP contribution in [0.2, 0.25) is 0 Å². The molecule has 0 amide bonds. The summed E-state index contributed by atoms with van der Waals surface area (Å²) in [4.78, 5) is 7.71. The van der Waals surface area contributed by atoms with Gasteiger partial charge in [-0.25, -0.2) is 19.0 Å². The Balaban J connectivity index is 1.95. The lowest BCUT2D eigenvalue weighted by atomic mass is 10.5. The van der Waals surface area contributed by atoms with Crippen molar-refractivity contribution in [3.05, 3.63) is 48.8 Å². The van der Waals surface area contributed by atoms with Crippen LogP contribution in [0.4, 0.5) is 0 Å². The van der Waals surface area contributed by atoms with E-state index in [1.807, 2.05) is 0 Å². The first-order valence-corrected chi connectivity index (χ1v) is 5.59. The number of nitrogens with zero attached hydrogens (tertiary/aromatic N) is 2. The zero-order chi connectivity index (χ0) is 11.2.